The molecule has 8 heteroatoms. The van der Waals surface area contributed by atoms with Crippen LogP contribution in [0, 0.1) is 0 Å². The largest absolute Gasteiger partial charge is 0.416 e. The minimum absolute atomic E-state index is 0.127. The first-order valence-corrected chi connectivity index (χ1v) is 11.6. The molecule has 2 aromatic carbocycles. The van der Waals surface area contributed by atoms with Gasteiger partial charge in [0, 0.05) is 38.0 Å². The van der Waals surface area contributed by atoms with Gasteiger partial charge in [-0.15, -0.1) is 0 Å². The number of ketones is 1. The number of likely N-dealkylation sites (tertiary alicyclic amines) is 1. The van der Waals surface area contributed by atoms with Gasteiger partial charge in [0.2, 0.25) is 0 Å². The molecule has 34 heavy (non-hydrogen) atoms. The predicted molar refractivity (Wildman–Crippen MR) is 123 cm³/mol. The minimum atomic E-state index is -4.45. The van der Waals surface area contributed by atoms with Crippen LogP contribution in [0.3, 0.4) is 0 Å². The van der Waals surface area contributed by atoms with Crippen LogP contribution in [-0.4, -0.2) is 47.6 Å². The zero-order valence-electron chi connectivity index (χ0n) is 19.3. The van der Waals surface area contributed by atoms with E-state index in [0.29, 0.717) is 32.4 Å². The molecule has 1 atom stereocenters. The number of benzene rings is 2. The van der Waals surface area contributed by atoms with Gasteiger partial charge in [0.1, 0.15) is 12.0 Å². The molecule has 5 nitrogen and oxygen atoms in total. The molecule has 1 aliphatic rings. The first-order chi connectivity index (χ1) is 16.2. The number of aliphatic hydroxyl groups is 1. The van der Waals surface area contributed by atoms with E-state index in [2.05, 4.69) is 5.32 Å². The predicted octanol–water partition coefficient (Wildman–Crippen LogP) is 4.55. The number of rotatable bonds is 9. The van der Waals surface area contributed by atoms with Crippen LogP contribution in [0.4, 0.5) is 13.2 Å². The van der Waals surface area contributed by atoms with Crippen LogP contribution >= 0.6 is 0 Å². The third-order valence-corrected chi connectivity index (χ3v) is 6.57. The van der Waals surface area contributed by atoms with Crippen LogP contribution in [0.15, 0.2) is 54.6 Å². The van der Waals surface area contributed by atoms with E-state index >= 15 is 0 Å². The molecule has 2 aromatic rings. The molecule has 0 bridgehead atoms. The molecule has 2 N–H and O–H groups in total. The van der Waals surface area contributed by atoms with Crippen LogP contribution in [0.1, 0.15) is 60.5 Å². The second kappa shape index (κ2) is 11.1. The number of hydrogen-bond acceptors (Lipinski definition) is 4. The molecule has 1 fully saturated rings. The van der Waals surface area contributed by atoms with Crippen LogP contribution < -0.4 is 5.32 Å². The summed E-state index contributed by atoms with van der Waals surface area (Å²) in [5.41, 5.74) is -0.202. The lowest BCUT2D eigenvalue weighted by molar-refractivity contribution is -0.137. The molecule has 1 heterocycles. The number of piperidine rings is 1. The van der Waals surface area contributed by atoms with Gasteiger partial charge in [0.15, 0.2) is 0 Å². The maximum Gasteiger partial charge on any atom is 0.416 e. The van der Waals surface area contributed by atoms with Crippen molar-refractivity contribution in [3.63, 3.8) is 0 Å². The van der Waals surface area contributed by atoms with Gasteiger partial charge < -0.3 is 10.4 Å². The van der Waals surface area contributed by atoms with Crippen molar-refractivity contribution < 1.29 is 27.9 Å². The van der Waals surface area contributed by atoms with Gasteiger partial charge in [-0.25, -0.2) is 0 Å². The number of halogens is 3. The van der Waals surface area contributed by atoms with E-state index in [4.69, 9.17) is 0 Å². The standard InChI is InChI=1S/C26H31F3N2O3/c1-2-6-22(32)25(20-7-4-3-5-8-20)14-17-31(18-15-25)23(33)13-16-30-24(34)19-9-11-21(12-10-19)26(27,28)29/h3-5,7-12,23,33H,2,6,13-18H2,1H3,(H,30,34). The first kappa shape index (κ1) is 25.9. The van der Waals surface area contributed by atoms with Crippen molar-refractivity contribution in [1.29, 1.82) is 0 Å². The Kier molecular flexibility index (Phi) is 8.49. The number of carbonyl (C=O) groups excluding carboxylic acids is 2. The summed E-state index contributed by atoms with van der Waals surface area (Å²) in [6, 6.07) is 13.8. The molecule has 1 saturated heterocycles. The van der Waals surface area contributed by atoms with Crippen LogP contribution in [0.5, 0.6) is 0 Å². The van der Waals surface area contributed by atoms with Crippen LogP contribution in [-0.2, 0) is 16.4 Å². The van der Waals surface area contributed by atoms with Crippen molar-refractivity contribution in [2.24, 2.45) is 0 Å². The Balaban J connectivity index is 1.52. The van der Waals surface area contributed by atoms with E-state index in [-0.39, 0.29) is 24.3 Å². The molecule has 0 radical (unpaired) electrons. The molecule has 0 saturated carbocycles. The van der Waals surface area contributed by atoms with Gasteiger partial charge in [-0.05, 0) is 49.1 Å². The third-order valence-electron chi connectivity index (χ3n) is 6.57. The highest BCUT2D eigenvalue weighted by Crippen LogP contribution is 2.38. The Hall–Kier alpha value is -2.71. The summed E-state index contributed by atoms with van der Waals surface area (Å²) in [7, 11) is 0. The smallest absolute Gasteiger partial charge is 0.378 e. The lowest BCUT2D eigenvalue weighted by Gasteiger charge is -2.42. The fourth-order valence-corrected chi connectivity index (χ4v) is 4.57. The number of Topliss-reactive ketones (excluding diaryl/α,β-unsaturated/α-hetero) is 1. The highest BCUT2D eigenvalue weighted by atomic mass is 19.4. The summed E-state index contributed by atoms with van der Waals surface area (Å²) >= 11 is 0. The highest BCUT2D eigenvalue weighted by molar-refractivity contribution is 5.94. The van der Waals surface area contributed by atoms with Crippen molar-refractivity contribution in [3.8, 4) is 0 Å². The number of carbonyl (C=O) groups is 2. The topological polar surface area (TPSA) is 69.6 Å². The van der Waals surface area contributed by atoms with E-state index in [1.807, 2.05) is 42.2 Å². The van der Waals surface area contributed by atoms with Crippen molar-refractivity contribution in [2.45, 2.75) is 56.8 Å². The summed E-state index contributed by atoms with van der Waals surface area (Å²) in [5.74, 6) is -0.257. The van der Waals surface area contributed by atoms with E-state index in [1.165, 1.54) is 0 Å². The number of hydrogen-bond donors (Lipinski definition) is 2. The van der Waals surface area contributed by atoms with E-state index in [0.717, 1.165) is 36.2 Å². The van der Waals surface area contributed by atoms with Gasteiger partial charge in [-0.1, -0.05) is 37.3 Å². The van der Waals surface area contributed by atoms with Gasteiger partial charge in [-0.2, -0.15) is 13.2 Å². The maximum atomic E-state index is 13.1. The number of aliphatic hydroxyl groups excluding tert-OH is 1. The molecule has 3 rings (SSSR count). The Morgan fingerprint density at radius 3 is 2.24 bits per heavy atom. The normalized spacial score (nSPS) is 17.2. The van der Waals surface area contributed by atoms with Crippen molar-refractivity contribution in [2.75, 3.05) is 19.6 Å². The maximum absolute atomic E-state index is 13.1. The first-order valence-electron chi connectivity index (χ1n) is 11.6. The van der Waals surface area contributed by atoms with E-state index in [9.17, 15) is 27.9 Å². The van der Waals surface area contributed by atoms with E-state index < -0.39 is 29.3 Å². The molecular formula is C26H31F3N2O3. The summed E-state index contributed by atoms with van der Waals surface area (Å²) in [6.07, 6.45) is -2.43. The zero-order chi connectivity index (χ0) is 24.8. The molecule has 184 valence electrons. The van der Waals surface area contributed by atoms with Crippen LogP contribution in [0.2, 0.25) is 0 Å². The molecule has 1 amide bonds. The lowest BCUT2D eigenvalue weighted by atomic mass is 9.68. The lowest BCUT2D eigenvalue weighted by Crippen LogP contribution is -2.50. The number of alkyl halides is 3. The Bertz CT molecular complexity index is 954. The molecule has 1 aliphatic heterocycles. The summed E-state index contributed by atoms with van der Waals surface area (Å²) < 4.78 is 38.0. The van der Waals surface area contributed by atoms with Gasteiger partial charge in [-0.3, -0.25) is 14.5 Å². The Morgan fingerprint density at radius 1 is 1.06 bits per heavy atom. The Labute approximate surface area is 198 Å². The summed E-state index contributed by atoms with van der Waals surface area (Å²) in [5, 5.41) is 13.3. The molecular weight excluding hydrogens is 445 g/mol. The SMILES string of the molecule is CCCC(=O)C1(c2ccccc2)CCN(C(O)CCNC(=O)c2ccc(C(F)(F)F)cc2)CC1. The number of nitrogens with zero attached hydrogens (tertiary/aromatic N) is 1. The summed E-state index contributed by atoms with van der Waals surface area (Å²) in [6.45, 7) is 3.28. The average molecular weight is 477 g/mol. The van der Waals surface area contributed by atoms with Crippen molar-refractivity contribution in [3.05, 3.63) is 71.3 Å². The van der Waals surface area contributed by atoms with Crippen molar-refractivity contribution in [1.82, 2.24) is 10.2 Å². The van der Waals surface area contributed by atoms with Gasteiger partial charge in [0.25, 0.3) is 5.91 Å². The molecule has 1 unspecified atom stereocenters. The van der Waals surface area contributed by atoms with Gasteiger partial charge >= 0.3 is 6.18 Å². The van der Waals surface area contributed by atoms with Crippen LogP contribution in [0.25, 0.3) is 0 Å². The third kappa shape index (κ3) is 6.04. The second-order valence-electron chi connectivity index (χ2n) is 8.76. The molecule has 0 aromatic heterocycles. The quantitative estimate of drug-likeness (QED) is 0.557. The van der Waals surface area contributed by atoms with Gasteiger partial charge in [0.05, 0.1) is 11.0 Å². The number of nitrogens with one attached hydrogen (secondary N) is 1. The van der Waals surface area contributed by atoms with E-state index in [1.54, 1.807) is 0 Å². The minimum Gasteiger partial charge on any atom is -0.378 e. The molecule has 0 spiro atoms. The fourth-order valence-electron chi connectivity index (χ4n) is 4.57. The Morgan fingerprint density at radius 2 is 1.68 bits per heavy atom. The molecule has 0 aliphatic carbocycles. The number of amides is 1. The fraction of sp³-hybridized carbons (Fsp3) is 0.462. The highest BCUT2D eigenvalue weighted by Gasteiger charge is 2.42. The van der Waals surface area contributed by atoms with Crippen molar-refractivity contribution >= 4 is 11.7 Å². The monoisotopic (exact) mass is 476 g/mol. The zero-order valence-corrected chi connectivity index (χ0v) is 19.3. The summed E-state index contributed by atoms with van der Waals surface area (Å²) in [4.78, 5) is 27.2. The average Bonchev–Trinajstić information content (AvgIpc) is 2.84. The second-order valence-corrected chi connectivity index (χ2v) is 8.76.